The second-order valence-electron chi connectivity index (χ2n) is 5.38. The SMILES string of the molecule is C=CC1CCC2(CC1)CCN(C)CC2. The molecule has 0 atom stereocenters. The van der Waals surface area contributed by atoms with Crippen molar-refractivity contribution in [2.75, 3.05) is 20.1 Å². The molecule has 0 unspecified atom stereocenters. The Labute approximate surface area is 88.2 Å². The highest BCUT2D eigenvalue weighted by Gasteiger charge is 2.36. The molecule has 1 aliphatic heterocycles. The lowest BCUT2D eigenvalue weighted by atomic mass is 9.65. The Bertz CT molecular complexity index is 191. The van der Waals surface area contributed by atoms with Gasteiger partial charge in [0.2, 0.25) is 0 Å². The number of hydrogen-bond donors (Lipinski definition) is 0. The van der Waals surface area contributed by atoms with Crippen molar-refractivity contribution in [1.82, 2.24) is 4.90 Å². The van der Waals surface area contributed by atoms with Crippen LogP contribution in [0.25, 0.3) is 0 Å². The molecule has 0 aromatic heterocycles. The Balaban J connectivity index is 1.89. The minimum atomic E-state index is 0.728. The van der Waals surface area contributed by atoms with Gasteiger partial charge in [-0.1, -0.05) is 6.08 Å². The molecule has 2 aliphatic rings. The lowest BCUT2D eigenvalue weighted by Crippen LogP contribution is -2.39. The molecule has 1 heterocycles. The Morgan fingerprint density at radius 3 is 2.21 bits per heavy atom. The van der Waals surface area contributed by atoms with Crippen molar-refractivity contribution in [2.45, 2.75) is 38.5 Å². The quantitative estimate of drug-likeness (QED) is 0.578. The molecule has 0 bridgehead atoms. The van der Waals surface area contributed by atoms with Gasteiger partial charge in [-0.25, -0.2) is 0 Å². The fourth-order valence-electron chi connectivity index (χ4n) is 3.08. The Morgan fingerprint density at radius 1 is 1.14 bits per heavy atom. The van der Waals surface area contributed by atoms with Gasteiger partial charge in [0.05, 0.1) is 0 Å². The molecule has 2 fully saturated rings. The van der Waals surface area contributed by atoms with Gasteiger partial charge >= 0.3 is 0 Å². The molecule has 1 saturated carbocycles. The summed E-state index contributed by atoms with van der Waals surface area (Å²) in [7, 11) is 2.25. The predicted molar refractivity (Wildman–Crippen MR) is 61.3 cm³/mol. The Morgan fingerprint density at radius 2 is 1.71 bits per heavy atom. The highest BCUT2D eigenvalue weighted by molar-refractivity contribution is 4.93. The fourth-order valence-corrected chi connectivity index (χ4v) is 3.08. The molecular weight excluding hydrogens is 170 g/mol. The second kappa shape index (κ2) is 4.06. The number of allylic oxidation sites excluding steroid dienone is 1. The molecule has 14 heavy (non-hydrogen) atoms. The van der Waals surface area contributed by atoms with E-state index < -0.39 is 0 Å². The van der Waals surface area contributed by atoms with Crippen LogP contribution in [0.5, 0.6) is 0 Å². The zero-order chi connectivity index (χ0) is 10.0. The summed E-state index contributed by atoms with van der Waals surface area (Å²) in [6.07, 6.45) is 10.7. The first-order valence-electron chi connectivity index (χ1n) is 6.05. The second-order valence-corrected chi connectivity index (χ2v) is 5.38. The third-order valence-electron chi connectivity index (χ3n) is 4.47. The van der Waals surface area contributed by atoms with Crippen LogP contribution < -0.4 is 0 Å². The molecule has 0 aromatic rings. The van der Waals surface area contributed by atoms with Gasteiger partial charge in [-0.05, 0) is 70.0 Å². The van der Waals surface area contributed by atoms with E-state index in [1.807, 2.05) is 0 Å². The van der Waals surface area contributed by atoms with Gasteiger partial charge in [-0.2, -0.15) is 0 Å². The van der Waals surface area contributed by atoms with Crippen LogP contribution in [0.15, 0.2) is 12.7 Å². The van der Waals surface area contributed by atoms with Crippen molar-refractivity contribution < 1.29 is 0 Å². The zero-order valence-corrected chi connectivity index (χ0v) is 9.47. The summed E-state index contributed by atoms with van der Waals surface area (Å²) in [4.78, 5) is 2.48. The zero-order valence-electron chi connectivity index (χ0n) is 9.47. The maximum absolute atomic E-state index is 3.92. The monoisotopic (exact) mass is 193 g/mol. The van der Waals surface area contributed by atoms with Gasteiger partial charge in [0.25, 0.3) is 0 Å². The van der Waals surface area contributed by atoms with Crippen molar-refractivity contribution in [3.8, 4) is 0 Å². The van der Waals surface area contributed by atoms with E-state index in [0.29, 0.717) is 0 Å². The minimum absolute atomic E-state index is 0.728. The molecule has 0 radical (unpaired) electrons. The number of rotatable bonds is 1. The molecule has 0 amide bonds. The summed E-state index contributed by atoms with van der Waals surface area (Å²) in [6, 6.07) is 0. The first kappa shape index (κ1) is 10.2. The van der Waals surface area contributed by atoms with Crippen LogP contribution in [0, 0.1) is 11.3 Å². The summed E-state index contributed by atoms with van der Waals surface area (Å²) < 4.78 is 0. The lowest BCUT2D eigenvalue weighted by Gasteiger charge is -2.44. The molecule has 1 saturated heterocycles. The van der Waals surface area contributed by atoms with Gasteiger partial charge in [0, 0.05) is 0 Å². The van der Waals surface area contributed by atoms with E-state index in [4.69, 9.17) is 0 Å². The van der Waals surface area contributed by atoms with Crippen molar-refractivity contribution in [3.63, 3.8) is 0 Å². The first-order chi connectivity index (χ1) is 6.74. The highest BCUT2D eigenvalue weighted by Crippen LogP contribution is 2.46. The van der Waals surface area contributed by atoms with Crippen LogP contribution in [0.3, 0.4) is 0 Å². The summed E-state index contributed by atoms with van der Waals surface area (Å²) in [6.45, 7) is 6.56. The minimum Gasteiger partial charge on any atom is -0.306 e. The third kappa shape index (κ3) is 2.03. The first-order valence-corrected chi connectivity index (χ1v) is 6.05. The van der Waals surface area contributed by atoms with Crippen LogP contribution in [0.2, 0.25) is 0 Å². The molecule has 0 N–H and O–H groups in total. The molecule has 1 nitrogen and oxygen atoms in total. The molecule has 1 aliphatic carbocycles. The van der Waals surface area contributed by atoms with Crippen LogP contribution in [0.1, 0.15) is 38.5 Å². The van der Waals surface area contributed by atoms with Crippen molar-refractivity contribution in [3.05, 3.63) is 12.7 Å². The van der Waals surface area contributed by atoms with E-state index in [-0.39, 0.29) is 0 Å². The predicted octanol–water partition coefficient (Wildman–Crippen LogP) is 3.07. The normalized spacial score (nSPS) is 29.2. The molecule has 1 heteroatoms. The molecular formula is C13H23N. The van der Waals surface area contributed by atoms with Gasteiger partial charge in [0.1, 0.15) is 0 Å². The van der Waals surface area contributed by atoms with E-state index in [0.717, 1.165) is 11.3 Å². The van der Waals surface area contributed by atoms with Gasteiger partial charge < -0.3 is 4.90 Å². The van der Waals surface area contributed by atoms with E-state index >= 15 is 0 Å². The maximum Gasteiger partial charge on any atom is -0.00165 e. The Kier molecular flexibility index (Phi) is 2.96. The van der Waals surface area contributed by atoms with Crippen molar-refractivity contribution in [2.24, 2.45) is 11.3 Å². The van der Waals surface area contributed by atoms with Gasteiger partial charge in [-0.3, -0.25) is 0 Å². The molecule has 2 rings (SSSR count). The standard InChI is InChI=1S/C13H23N/c1-3-12-4-6-13(7-5-12)8-10-14(2)11-9-13/h3,12H,1,4-11H2,2H3. The average Bonchev–Trinajstić information content (AvgIpc) is 2.24. The summed E-state index contributed by atoms with van der Waals surface area (Å²) in [5.74, 6) is 0.820. The van der Waals surface area contributed by atoms with E-state index in [1.165, 1.54) is 51.6 Å². The summed E-state index contributed by atoms with van der Waals surface area (Å²) >= 11 is 0. The van der Waals surface area contributed by atoms with Crippen LogP contribution in [0.4, 0.5) is 0 Å². The van der Waals surface area contributed by atoms with Crippen molar-refractivity contribution in [1.29, 1.82) is 0 Å². The van der Waals surface area contributed by atoms with Crippen molar-refractivity contribution >= 4 is 0 Å². The van der Waals surface area contributed by atoms with E-state index in [1.54, 1.807) is 0 Å². The summed E-state index contributed by atoms with van der Waals surface area (Å²) in [5.41, 5.74) is 0.728. The number of nitrogens with zero attached hydrogens (tertiary/aromatic N) is 1. The molecule has 1 spiro atoms. The maximum atomic E-state index is 3.92. The highest BCUT2D eigenvalue weighted by atomic mass is 15.1. The largest absolute Gasteiger partial charge is 0.306 e. The third-order valence-corrected chi connectivity index (χ3v) is 4.47. The fraction of sp³-hybridized carbons (Fsp3) is 0.846. The summed E-state index contributed by atoms with van der Waals surface area (Å²) in [5, 5.41) is 0. The Hall–Kier alpha value is -0.300. The number of hydrogen-bond acceptors (Lipinski definition) is 1. The van der Waals surface area contributed by atoms with Gasteiger partial charge in [0.15, 0.2) is 0 Å². The number of likely N-dealkylation sites (tertiary alicyclic amines) is 1. The topological polar surface area (TPSA) is 3.24 Å². The molecule has 0 aromatic carbocycles. The van der Waals surface area contributed by atoms with Crippen LogP contribution in [-0.4, -0.2) is 25.0 Å². The number of piperidine rings is 1. The van der Waals surface area contributed by atoms with E-state index in [2.05, 4.69) is 24.6 Å². The van der Waals surface area contributed by atoms with E-state index in [9.17, 15) is 0 Å². The van der Waals surface area contributed by atoms with Gasteiger partial charge in [-0.15, -0.1) is 6.58 Å². The smallest absolute Gasteiger partial charge is 0.00165 e. The molecule has 80 valence electrons. The average molecular weight is 193 g/mol. The lowest BCUT2D eigenvalue weighted by molar-refractivity contribution is 0.0701. The van der Waals surface area contributed by atoms with Crippen LogP contribution >= 0.6 is 0 Å². The van der Waals surface area contributed by atoms with Crippen LogP contribution in [-0.2, 0) is 0 Å².